The van der Waals surface area contributed by atoms with E-state index in [1.165, 1.54) is 4.88 Å². The maximum Gasteiger partial charge on any atom is 0.255 e. The number of hydrogen-bond donors (Lipinski definition) is 2. The number of ether oxygens (including phenoxy) is 1. The highest BCUT2D eigenvalue weighted by atomic mass is 32.1. The molecule has 1 aromatic carbocycles. The summed E-state index contributed by atoms with van der Waals surface area (Å²) >= 11 is 1.71. The third-order valence-corrected chi connectivity index (χ3v) is 8.11. The van der Waals surface area contributed by atoms with Crippen molar-refractivity contribution in [2.24, 2.45) is 4.99 Å². The zero-order valence-electron chi connectivity index (χ0n) is 21.5. The summed E-state index contributed by atoms with van der Waals surface area (Å²) in [6, 6.07) is 13.5. The van der Waals surface area contributed by atoms with Gasteiger partial charge in [-0.25, -0.2) is 4.99 Å². The van der Waals surface area contributed by atoms with E-state index in [0.29, 0.717) is 30.2 Å². The highest BCUT2D eigenvalue weighted by Crippen LogP contribution is 2.43. The predicted octanol–water partition coefficient (Wildman–Crippen LogP) is 4.88. The van der Waals surface area contributed by atoms with Gasteiger partial charge in [-0.1, -0.05) is 6.07 Å². The number of nitrogens with zero attached hydrogens (tertiary/aromatic N) is 4. The van der Waals surface area contributed by atoms with E-state index < -0.39 is 11.1 Å². The van der Waals surface area contributed by atoms with E-state index in [0.717, 1.165) is 35.7 Å². The Kier molecular flexibility index (Phi) is 6.58. The van der Waals surface area contributed by atoms with Crippen LogP contribution in [0.25, 0.3) is 0 Å². The molecule has 9 heteroatoms. The largest absolute Gasteiger partial charge is 0.379 e. The number of benzene rings is 1. The van der Waals surface area contributed by atoms with E-state index in [-0.39, 0.29) is 5.91 Å². The molecule has 0 saturated carbocycles. The third-order valence-electron chi connectivity index (χ3n) is 7.00. The minimum absolute atomic E-state index is 0.260. The molecule has 37 heavy (non-hydrogen) atoms. The van der Waals surface area contributed by atoms with Gasteiger partial charge in [0, 0.05) is 36.1 Å². The summed E-state index contributed by atoms with van der Waals surface area (Å²) in [6.07, 6.45) is 1.56. The van der Waals surface area contributed by atoms with Crippen molar-refractivity contribution in [1.29, 1.82) is 5.26 Å². The number of amidine groups is 1. The van der Waals surface area contributed by atoms with Gasteiger partial charge in [-0.2, -0.15) is 5.26 Å². The minimum atomic E-state index is -0.786. The molecule has 1 fully saturated rings. The van der Waals surface area contributed by atoms with Crippen molar-refractivity contribution in [2.75, 3.05) is 36.9 Å². The maximum atomic E-state index is 13.1. The van der Waals surface area contributed by atoms with Crippen LogP contribution < -0.4 is 10.6 Å². The number of aryl methyl sites for hydroxylation is 1. The molecule has 0 bridgehead atoms. The lowest BCUT2D eigenvalue weighted by molar-refractivity contribution is -0.0141. The van der Waals surface area contributed by atoms with Gasteiger partial charge in [0.15, 0.2) is 0 Å². The number of hydrogen-bond acceptors (Lipinski definition) is 8. The molecule has 0 aliphatic carbocycles. The lowest BCUT2D eigenvalue weighted by atomic mass is 9.90. The van der Waals surface area contributed by atoms with Crippen LogP contribution in [0, 0.1) is 18.3 Å². The van der Waals surface area contributed by atoms with E-state index in [4.69, 9.17) is 9.73 Å². The number of carbonyl (C=O) groups excluding carboxylic acids is 1. The first-order valence-electron chi connectivity index (χ1n) is 12.3. The first-order valence-corrected chi connectivity index (χ1v) is 13.2. The summed E-state index contributed by atoms with van der Waals surface area (Å²) in [7, 11) is 0. The number of rotatable bonds is 5. The van der Waals surface area contributed by atoms with Crippen LogP contribution >= 0.6 is 11.3 Å². The van der Waals surface area contributed by atoms with Crippen LogP contribution in [0.2, 0.25) is 0 Å². The average molecular weight is 515 g/mol. The Morgan fingerprint density at radius 1 is 1.24 bits per heavy atom. The third kappa shape index (κ3) is 4.76. The molecule has 5 rings (SSSR count). The molecular formula is C28H30N6O2S. The van der Waals surface area contributed by atoms with Crippen LogP contribution in [0.3, 0.4) is 0 Å². The summed E-state index contributed by atoms with van der Waals surface area (Å²) in [4.78, 5) is 26.2. The van der Waals surface area contributed by atoms with Crippen molar-refractivity contribution in [3.8, 4) is 6.07 Å². The van der Waals surface area contributed by atoms with Gasteiger partial charge in [0.2, 0.25) is 0 Å². The molecule has 8 nitrogen and oxygen atoms in total. The molecule has 4 heterocycles. The molecule has 2 N–H and O–H groups in total. The molecule has 2 aliphatic rings. The maximum absolute atomic E-state index is 13.1. The van der Waals surface area contributed by atoms with E-state index in [1.807, 2.05) is 25.1 Å². The van der Waals surface area contributed by atoms with E-state index in [1.54, 1.807) is 43.5 Å². The number of thiophene rings is 1. The summed E-state index contributed by atoms with van der Waals surface area (Å²) in [6.45, 7) is 10.8. The smallest absolute Gasteiger partial charge is 0.255 e. The Hall–Kier alpha value is -3.58. The Morgan fingerprint density at radius 3 is 2.78 bits per heavy atom. The molecule has 1 atom stereocenters. The van der Waals surface area contributed by atoms with Crippen LogP contribution in [0.5, 0.6) is 0 Å². The van der Waals surface area contributed by atoms with Gasteiger partial charge in [-0.15, -0.1) is 11.3 Å². The molecule has 1 unspecified atom stereocenters. The number of pyridine rings is 1. The number of nitriles is 1. The molecular weight excluding hydrogens is 484 g/mol. The first-order chi connectivity index (χ1) is 17.7. The monoisotopic (exact) mass is 514 g/mol. The van der Waals surface area contributed by atoms with Crippen LogP contribution in [-0.4, -0.2) is 47.9 Å². The summed E-state index contributed by atoms with van der Waals surface area (Å²) < 4.78 is 5.59. The lowest BCUT2D eigenvalue weighted by Gasteiger charge is -2.42. The number of aliphatic imine (C=N–C) groups is 1. The van der Waals surface area contributed by atoms with Crippen molar-refractivity contribution >= 4 is 34.5 Å². The second-order valence-electron chi connectivity index (χ2n) is 10.0. The molecule has 3 aromatic rings. The van der Waals surface area contributed by atoms with Crippen molar-refractivity contribution < 1.29 is 9.53 Å². The van der Waals surface area contributed by atoms with Gasteiger partial charge in [-0.3, -0.25) is 14.7 Å². The number of amides is 1. The zero-order chi connectivity index (χ0) is 26.2. The van der Waals surface area contributed by atoms with Gasteiger partial charge >= 0.3 is 0 Å². The second-order valence-corrected chi connectivity index (χ2v) is 10.9. The molecule has 1 amide bonds. The molecule has 2 aliphatic heterocycles. The Labute approximate surface area is 221 Å². The number of anilines is 2. The number of carbonyl (C=O) groups is 1. The van der Waals surface area contributed by atoms with Gasteiger partial charge < -0.3 is 15.4 Å². The van der Waals surface area contributed by atoms with Gasteiger partial charge in [0.05, 0.1) is 41.0 Å². The summed E-state index contributed by atoms with van der Waals surface area (Å²) in [5, 5.41) is 18.1. The first kappa shape index (κ1) is 25.1. The zero-order valence-corrected chi connectivity index (χ0v) is 22.3. The quantitative estimate of drug-likeness (QED) is 0.503. The molecule has 0 radical (unpaired) electrons. The van der Waals surface area contributed by atoms with E-state index >= 15 is 0 Å². The Balaban J connectivity index is 1.45. The highest BCUT2D eigenvalue weighted by Gasteiger charge is 2.40. The second kappa shape index (κ2) is 9.71. The van der Waals surface area contributed by atoms with Gasteiger partial charge in [-0.05, 0) is 69.0 Å². The highest BCUT2D eigenvalue weighted by molar-refractivity contribution is 7.10. The summed E-state index contributed by atoms with van der Waals surface area (Å²) in [5.41, 5.74) is 3.42. The number of fused-ring (bicyclic) bond motifs is 1. The predicted molar refractivity (Wildman–Crippen MR) is 146 cm³/mol. The Morgan fingerprint density at radius 2 is 2.03 bits per heavy atom. The fourth-order valence-corrected chi connectivity index (χ4v) is 5.65. The lowest BCUT2D eigenvalue weighted by Crippen LogP contribution is -2.50. The summed E-state index contributed by atoms with van der Waals surface area (Å²) in [5.74, 6) is 0.513. The van der Waals surface area contributed by atoms with Crippen LogP contribution in [-0.2, 0) is 15.8 Å². The molecule has 190 valence electrons. The van der Waals surface area contributed by atoms with Crippen molar-refractivity contribution in [3.63, 3.8) is 0 Å². The SMILES string of the molecule is Cc1ccc(NC(=O)c2ccnc(C(C)(C)C#N)c2)cc1C1=NC(C)(N2CCOCC2)c2sccc2N1. The molecule has 2 aromatic heterocycles. The van der Waals surface area contributed by atoms with Gasteiger partial charge in [0.1, 0.15) is 11.5 Å². The van der Waals surface area contributed by atoms with Crippen molar-refractivity contribution in [3.05, 3.63) is 75.2 Å². The van der Waals surface area contributed by atoms with Crippen LogP contribution in [0.1, 0.15) is 52.8 Å². The van der Waals surface area contributed by atoms with E-state index in [2.05, 4.69) is 45.0 Å². The number of nitrogens with one attached hydrogen (secondary N) is 2. The fourth-order valence-electron chi connectivity index (χ4n) is 4.67. The standard InChI is InChI=1S/C28H30N6O2S/c1-18-5-6-20(31-26(35)19-7-9-30-23(15-19)27(2,3)17-29)16-21(18)25-32-22-8-14-37-24(22)28(4,33-25)34-10-12-36-13-11-34/h5-9,14-16H,10-13H2,1-4H3,(H,31,35)(H,32,33). The van der Waals surface area contributed by atoms with Crippen LogP contribution in [0.15, 0.2) is 53.0 Å². The van der Waals surface area contributed by atoms with Crippen molar-refractivity contribution in [2.45, 2.75) is 38.8 Å². The van der Waals surface area contributed by atoms with E-state index in [9.17, 15) is 10.1 Å². The fraction of sp³-hybridized carbons (Fsp3) is 0.357. The number of morpholine rings is 1. The van der Waals surface area contributed by atoms with Gasteiger partial charge in [0.25, 0.3) is 5.91 Å². The molecule has 1 saturated heterocycles. The Bertz CT molecular complexity index is 1420. The average Bonchev–Trinajstić information content (AvgIpc) is 3.40. The number of aromatic nitrogens is 1. The normalized spacial score (nSPS) is 19.8. The minimum Gasteiger partial charge on any atom is -0.379 e. The van der Waals surface area contributed by atoms with Crippen LogP contribution in [0.4, 0.5) is 11.4 Å². The topological polar surface area (TPSA) is 103 Å². The van der Waals surface area contributed by atoms with Crippen molar-refractivity contribution in [1.82, 2.24) is 9.88 Å². The molecule has 0 spiro atoms.